The molecule has 1 aliphatic heterocycles. The maximum atomic E-state index is 13.5. The second-order valence-electron chi connectivity index (χ2n) is 10.4. The Morgan fingerprint density at radius 3 is 2.32 bits per heavy atom. The van der Waals surface area contributed by atoms with Gasteiger partial charge in [0.2, 0.25) is 5.91 Å². The van der Waals surface area contributed by atoms with Crippen LogP contribution >= 0.6 is 0 Å². The summed E-state index contributed by atoms with van der Waals surface area (Å²) >= 11 is 0. The van der Waals surface area contributed by atoms with Crippen molar-refractivity contribution >= 4 is 23.7 Å². The molecule has 0 aliphatic carbocycles. The van der Waals surface area contributed by atoms with Crippen LogP contribution in [0.2, 0.25) is 0 Å². The first-order valence-electron chi connectivity index (χ1n) is 14.2. The van der Waals surface area contributed by atoms with Gasteiger partial charge in [-0.1, -0.05) is 60.7 Å². The largest absolute Gasteiger partial charge is 0.503 e. The molecule has 3 aromatic rings. The van der Waals surface area contributed by atoms with Crippen LogP contribution in [0.4, 0.5) is 4.39 Å². The molecule has 0 saturated carbocycles. The summed E-state index contributed by atoms with van der Waals surface area (Å²) in [6, 6.07) is 19.9. The number of halogens is 1. The summed E-state index contributed by atoms with van der Waals surface area (Å²) in [5, 5.41) is 25.5. The molecule has 3 aromatic carbocycles. The minimum Gasteiger partial charge on any atom is -0.503 e. The summed E-state index contributed by atoms with van der Waals surface area (Å²) in [7, 11) is 0. The molecule has 1 unspecified atom stereocenters. The lowest BCUT2D eigenvalue weighted by Crippen LogP contribution is -2.39. The highest BCUT2D eigenvalue weighted by Crippen LogP contribution is 2.41. The molecule has 3 amide bonds. The van der Waals surface area contributed by atoms with Crippen LogP contribution in [0.25, 0.3) is 0 Å². The summed E-state index contributed by atoms with van der Waals surface area (Å²) in [5.74, 6) is -3.78. The smallest absolute Gasteiger partial charge is 0.326 e. The number of hydrogen-bond acceptors (Lipinski definition) is 6. The second-order valence-corrected chi connectivity index (χ2v) is 10.4. The van der Waals surface area contributed by atoms with Crippen LogP contribution in [-0.2, 0) is 32.3 Å². The Hall–Kier alpha value is -5.19. The van der Waals surface area contributed by atoms with E-state index < -0.39 is 47.4 Å². The predicted molar refractivity (Wildman–Crippen MR) is 159 cm³/mol. The van der Waals surface area contributed by atoms with Crippen molar-refractivity contribution < 1.29 is 38.5 Å². The predicted octanol–water partition coefficient (Wildman–Crippen LogP) is 4.18. The van der Waals surface area contributed by atoms with Gasteiger partial charge in [-0.25, -0.2) is 9.18 Å². The van der Waals surface area contributed by atoms with Crippen LogP contribution in [0.3, 0.4) is 0 Å². The van der Waals surface area contributed by atoms with E-state index in [1.807, 2.05) is 30.3 Å². The Morgan fingerprint density at radius 2 is 1.64 bits per heavy atom. The number of para-hydroxylation sites is 1. The Balaban J connectivity index is 1.58. The maximum Gasteiger partial charge on any atom is 0.326 e. The zero-order chi connectivity index (χ0) is 31.6. The number of rotatable bonds is 14. The number of benzene rings is 3. The van der Waals surface area contributed by atoms with E-state index in [-0.39, 0.29) is 31.7 Å². The fourth-order valence-corrected chi connectivity index (χ4v) is 5.03. The molecule has 10 nitrogen and oxygen atoms in total. The number of hydrogen-bond donors (Lipinski definition) is 4. The molecule has 0 fully saturated rings. The van der Waals surface area contributed by atoms with E-state index in [1.54, 1.807) is 24.3 Å². The number of amides is 3. The average molecular weight is 604 g/mol. The van der Waals surface area contributed by atoms with Gasteiger partial charge in [0, 0.05) is 25.6 Å². The second kappa shape index (κ2) is 14.8. The highest BCUT2D eigenvalue weighted by Gasteiger charge is 2.44. The number of carboxylic acid groups (broad SMARTS) is 1. The monoisotopic (exact) mass is 603 g/mol. The number of unbranched alkanes of at least 4 members (excludes halogenated alkanes) is 1. The molecule has 4 rings (SSSR count). The fraction of sp³-hybridized carbons (Fsp3) is 0.273. The van der Waals surface area contributed by atoms with Gasteiger partial charge >= 0.3 is 5.97 Å². The van der Waals surface area contributed by atoms with Gasteiger partial charge in [-0.3, -0.25) is 14.4 Å². The van der Waals surface area contributed by atoms with E-state index in [2.05, 4.69) is 10.6 Å². The average Bonchev–Trinajstić information content (AvgIpc) is 3.26. The molecule has 0 saturated heterocycles. The van der Waals surface area contributed by atoms with Gasteiger partial charge in [0.1, 0.15) is 24.2 Å². The lowest BCUT2D eigenvalue weighted by molar-refractivity contribution is -0.141. The molecule has 11 heteroatoms. The first kappa shape index (κ1) is 31.7. The number of aliphatic hydroxyl groups is 1. The minimum atomic E-state index is -1.17. The van der Waals surface area contributed by atoms with Gasteiger partial charge in [-0.15, -0.1) is 0 Å². The van der Waals surface area contributed by atoms with Crippen molar-refractivity contribution in [3.05, 3.63) is 113 Å². The summed E-state index contributed by atoms with van der Waals surface area (Å²) in [6.45, 7) is 1.57. The first-order chi connectivity index (χ1) is 21.2. The van der Waals surface area contributed by atoms with Crippen LogP contribution < -0.4 is 15.4 Å². The van der Waals surface area contributed by atoms with E-state index in [0.29, 0.717) is 29.7 Å². The molecular formula is C33H34FN3O7. The normalized spacial score (nSPS) is 15.2. The molecule has 230 valence electrons. The maximum absolute atomic E-state index is 13.5. The van der Waals surface area contributed by atoms with Crippen LogP contribution in [0, 0.1) is 5.82 Å². The third-order valence-corrected chi connectivity index (χ3v) is 7.18. The van der Waals surface area contributed by atoms with Crippen molar-refractivity contribution in [3.8, 4) is 5.75 Å². The fourth-order valence-electron chi connectivity index (χ4n) is 5.03. The first-order valence-corrected chi connectivity index (χ1v) is 14.2. The molecule has 0 bridgehead atoms. The number of aliphatic hydroxyl groups excluding tert-OH is 1. The highest BCUT2D eigenvalue weighted by atomic mass is 19.1. The Bertz CT molecular complexity index is 1530. The quantitative estimate of drug-likeness (QED) is 0.202. The number of carboxylic acids is 1. The van der Waals surface area contributed by atoms with Crippen molar-refractivity contribution in [2.45, 2.75) is 51.4 Å². The Labute approximate surface area is 254 Å². The Morgan fingerprint density at radius 1 is 0.955 bits per heavy atom. The van der Waals surface area contributed by atoms with E-state index in [4.69, 9.17) is 4.74 Å². The number of aliphatic carboxylic acids is 1. The highest BCUT2D eigenvalue weighted by molar-refractivity contribution is 6.08. The molecule has 0 aromatic heterocycles. The SMILES string of the molecule is CC(=O)N[C@H](CCCCN1C(=O)C(O)=C(C(=O)NCc2ccc(F)cc2)C1c1ccccc1OCc1ccccc1)C(=O)O. The van der Waals surface area contributed by atoms with Crippen LogP contribution in [0.5, 0.6) is 5.75 Å². The summed E-state index contributed by atoms with van der Waals surface area (Å²) in [5.41, 5.74) is 1.85. The zero-order valence-electron chi connectivity index (χ0n) is 24.2. The third-order valence-electron chi connectivity index (χ3n) is 7.18. The van der Waals surface area contributed by atoms with Gasteiger partial charge < -0.3 is 30.5 Å². The number of carbonyl (C=O) groups excluding carboxylic acids is 3. The number of nitrogens with zero attached hydrogens (tertiary/aromatic N) is 1. The van der Waals surface area contributed by atoms with E-state index in [1.165, 1.54) is 36.1 Å². The lowest BCUT2D eigenvalue weighted by atomic mass is 9.97. The van der Waals surface area contributed by atoms with Crippen molar-refractivity contribution in [1.29, 1.82) is 0 Å². The molecular weight excluding hydrogens is 569 g/mol. The zero-order valence-corrected chi connectivity index (χ0v) is 24.2. The van der Waals surface area contributed by atoms with Crippen LogP contribution in [0.1, 0.15) is 48.9 Å². The molecule has 1 aliphatic rings. The summed E-state index contributed by atoms with van der Waals surface area (Å²) < 4.78 is 19.5. The van der Waals surface area contributed by atoms with Crippen LogP contribution in [0.15, 0.2) is 90.2 Å². The number of ether oxygens (including phenoxy) is 1. The van der Waals surface area contributed by atoms with Gasteiger partial charge in [-0.05, 0) is 48.6 Å². The summed E-state index contributed by atoms with van der Waals surface area (Å²) in [4.78, 5) is 51.2. The van der Waals surface area contributed by atoms with Crippen molar-refractivity contribution in [2.24, 2.45) is 0 Å². The van der Waals surface area contributed by atoms with Crippen molar-refractivity contribution in [2.75, 3.05) is 6.54 Å². The minimum absolute atomic E-state index is 0.0304. The molecule has 0 radical (unpaired) electrons. The molecule has 2 atom stereocenters. The van der Waals surface area contributed by atoms with Crippen molar-refractivity contribution in [3.63, 3.8) is 0 Å². The number of nitrogens with one attached hydrogen (secondary N) is 2. The molecule has 1 heterocycles. The molecule has 44 heavy (non-hydrogen) atoms. The van der Waals surface area contributed by atoms with Crippen molar-refractivity contribution in [1.82, 2.24) is 15.5 Å². The number of carbonyl (C=O) groups is 4. The van der Waals surface area contributed by atoms with Gasteiger partial charge in [0.05, 0.1) is 11.6 Å². The molecule has 0 spiro atoms. The van der Waals surface area contributed by atoms with E-state index >= 15 is 0 Å². The van der Waals surface area contributed by atoms with E-state index in [0.717, 1.165) is 5.56 Å². The molecule has 4 N–H and O–H groups in total. The Kier molecular flexibility index (Phi) is 10.7. The standard InChI is InChI=1S/C33H34FN3O7/c1-21(38)36-26(33(42)43)12-7-8-18-37-29(25-11-5-6-13-27(25)44-20-23-9-3-2-4-10-23)28(30(39)32(37)41)31(40)35-19-22-14-16-24(34)17-15-22/h2-6,9-11,13-17,26,29,39H,7-8,12,18-20H2,1H3,(H,35,40)(H,36,38)(H,42,43)/t26-,29?/m1/s1. The third kappa shape index (κ3) is 8.00. The van der Waals surface area contributed by atoms with Gasteiger partial charge in [0.15, 0.2) is 5.76 Å². The van der Waals surface area contributed by atoms with E-state index in [9.17, 15) is 33.8 Å². The summed E-state index contributed by atoms with van der Waals surface area (Å²) in [6.07, 6.45) is 0.798. The van der Waals surface area contributed by atoms with Gasteiger partial charge in [-0.2, -0.15) is 0 Å². The van der Waals surface area contributed by atoms with Crippen LogP contribution in [-0.4, -0.2) is 51.4 Å². The van der Waals surface area contributed by atoms with Gasteiger partial charge in [0.25, 0.3) is 11.8 Å². The topological polar surface area (TPSA) is 145 Å². The lowest BCUT2D eigenvalue weighted by Gasteiger charge is -2.28.